The van der Waals surface area contributed by atoms with E-state index in [2.05, 4.69) is 17.8 Å². The Morgan fingerprint density at radius 1 is 1.42 bits per heavy atom. The highest BCUT2D eigenvalue weighted by atomic mass is 32.2. The summed E-state index contributed by atoms with van der Waals surface area (Å²) < 4.78 is 41.1. The van der Waals surface area contributed by atoms with Gasteiger partial charge in [-0.05, 0) is 25.7 Å². The molecule has 0 radical (unpaired) electrons. The lowest BCUT2D eigenvalue weighted by atomic mass is 9.75. The molecule has 24 heavy (non-hydrogen) atoms. The van der Waals surface area contributed by atoms with Crippen LogP contribution < -0.4 is 0 Å². The molecule has 5 nitrogen and oxygen atoms in total. The van der Waals surface area contributed by atoms with Gasteiger partial charge in [0.05, 0.1) is 12.1 Å². The van der Waals surface area contributed by atoms with Crippen molar-refractivity contribution in [3.05, 3.63) is 12.7 Å². The van der Waals surface area contributed by atoms with Gasteiger partial charge < -0.3 is 4.84 Å². The maximum absolute atomic E-state index is 12.1. The average molecular weight is 366 g/mol. The van der Waals surface area contributed by atoms with Gasteiger partial charge in [0, 0.05) is 30.1 Å². The van der Waals surface area contributed by atoms with Gasteiger partial charge in [0.2, 0.25) is 0 Å². The van der Waals surface area contributed by atoms with Crippen LogP contribution in [0.5, 0.6) is 0 Å². The Morgan fingerprint density at radius 2 is 2.08 bits per heavy atom. The molecule has 0 bridgehead atoms. The molecule has 9 heteroatoms. The van der Waals surface area contributed by atoms with Crippen molar-refractivity contribution < 1.29 is 27.2 Å². The third-order valence-electron chi connectivity index (χ3n) is 3.78. The maximum atomic E-state index is 12.1. The Morgan fingerprint density at radius 3 is 2.58 bits per heavy atom. The standard InChI is InChI=1S/C15H21F3N2O3S/c1-3-8-14(11-19,22-23-24-10-9-15(16,17)18)12-4-6-13(7-5-12)20-21-2/h3,12H,1,4-10H2,2H3. The minimum absolute atomic E-state index is 0.125. The molecular formula is C15H21F3N2O3S. The highest BCUT2D eigenvalue weighted by Gasteiger charge is 2.42. The smallest absolute Gasteiger partial charge is 0.389 e. The van der Waals surface area contributed by atoms with E-state index < -0.39 is 18.2 Å². The molecule has 1 fully saturated rings. The summed E-state index contributed by atoms with van der Waals surface area (Å²) in [6, 6.07) is 2.12. The second kappa shape index (κ2) is 9.91. The first-order chi connectivity index (χ1) is 11.4. The Hall–Kier alpha value is -1.24. The van der Waals surface area contributed by atoms with Gasteiger partial charge in [0.15, 0.2) is 5.60 Å². The third kappa shape index (κ3) is 6.71. The van der Waals surface area contributed by atoms with E-state index in [0.717, 1.165) is 5.71 Å². The molecular weight excluding hydrogens is 345 g/mol. The predicted octanol–water partition coefficient (Wildman–Crippen LogP) is 4.57. The Kier molecular flexibility index (Phi) is 8.59. The zero-order valence-electron chi connectivity index (χ0n) is 13.5. The fourth-order valence-corrected chi connectivity index (χ4v) is 3.10. The first kappa shape index (κ1) is 20.8. The number of hydrogen-bond acceptors (Lipinski definition) is 6. The van der Waals surface area contributed by atoms with Crippen molar-refractivity contribution in [2.24, 2.45) is 11.1 Å². The molecule has 1 aliphatic rings. The summed E-state index contributed by atoms with van der Waals surface area (Å²) in [6.07, 6.45) is -0.809. The molecule has 1 saturated carbocycles. The molecule has 0 amide bonds. The van der Waals surface area contributed by atoms with Crippen LogP contribution in [0.25, 0.3) is 0 Å². The van der Waals surface area contributed by atoms with Gasteiger partial charge in [-0.25, -0.2) is 4.89 Å². The molecule has 0 aliphatic heterocycles. The largest absolute Gasteiger partial charge is 0.399 e. The average Bonchev–Trinajstić information content (AvgIpc) is 2.53. The number of nitrogens with zero attached hydrogens (tertiary/aromatic N) is 2. The summed E-state index contributed by atoms with van der Waals surface area (Å²) in [7, 11) is 1.48. The van der Waals surface area contributed by atoms with Gasteiger partial charge in [0.1, 0.15) is 13.2 Å². The van der Waals surface area contributed by atoms with Crippen LogP contribution in [0.2, 0.25) is 0 Å². The number of hydrogen-bond donors (Lipinski definition) is 0. The van der Waals surface area contributed by atoms with Crippen LogP contribution in [0.15, 0.2) is 17.8 Å². The van der Waals surface area contributed by atoms with Crippen LogP contribution in [0.1, 0.15) is 38.5 Å². The highest BCUT2D eigenvalue weighted by Crippen LogP contribution is 2.38. The lowest BCUT2D eigenvalue weighted by Gasteiger charge is -2.35. The van der Waals surface area contributed by atoms with Gasteiger partial charge in [0.25, 0.3) is 0 Å². The maximum Gasteiger partial charge on any atom is 0.389 e. The molecule has 1 aliphatic carbocycles. The SMILES string of the molecule is C=CCC(C#N)(OOSCCC(F)(F)F)C1CCC(=NOC)CC1. The Bertz CT molecular complexity index is 470. The summed E-state index contributed by atoms with van der Waals surface area (Å²) >= 11 is 0.550. The van der Waals surface area contributed by atoms with E-state index in [9.17, 15) is 18.4 Å². The lowest BCUT2D eigenvalue weighted by Crippen LogP contribution is -2.41. The van der Waals surface area contributed by atoms with E-state index in [1.54, 1.807) is 6.08 Å². The first-order valence-electron chi connectivity index (χ1n) is 7.52. The molecule has 0 saturated heterocycles. The molecule has 0 heterocycles. The summed E-state index contributed by atoms with van der Waals surface area (Å²) in [5.74, 6) is -0.423. The van der Waals surface area contributed by atoms with Crippen LogP contribution >= 0.6 is 12.0 Å². The fourth-order valence-electron chi connectivity index (χ4n) is 2.55. The molecule has 0 aromatic heterocycles. The molecule has 0 spiro atoms. The van der Waals surface area contributed by atoms with Gasteiger partial charge in [-0.15, -0.1) is 6.58 Å². The molecule has 1 unspecified atom stereocenters. The Balaban J connectivity index is 2.58. The van der Waals surface area contributed by atoms with E-state index in [-0.39, 0.29) is 18.1 Å². The quantitative estimate of drug-likeness (QED) is 0.197. The van der Waals surface area contributed by atoms with E-state index in [1.807, 2.05) is 0 Å². The molecule has 0 N–H and O–H groups in total. The summed E-state index contributed by atoms with van der Waals surface area (Å²) in [4.78, 5) is 10.0. The number of nitriles is 1. The molecule has 1 atom stereocenters. The molecule has 136 valence electrons. The minimum atomic E-state index is -4.25. The molecule has 1 rings (SSSR count). The van der Waals surface area contributed by atoms with Gasteiger partial charge >= 0.3 is 6.18 Å². The summed E-state index contributed by atoms with van der Waals surface area (Å²) in [6.45, 7) is 3.62. The van der Waals surface area contributed by atoms with E-state index >= 15 is 0 Å². The van der Waals surface area contributed by atoms with Crippen molar-refractivity contribution in [2.75, 3.05) is 12.9 Å². The van der Waals surface area contributed by atoms with Crippen LogP contribution in [0, 0.1) is 17.2 Å². The topological polar surface area (TPSA) is 63.8 Å². The minimum Gasteiger partial charge on any atom is -0.399 e. The molecule has 0 aromatic rings. The van der Waals surface area contributed by atoms with Gasteiger partial charge in [-0.3, -0.25) is 0 Å². The second-order valence-electron chi connectivity index (χ2n) is 5.45. The zero-order chi connectivity index (χ0) is 18.1. The van der Waals surface area contributed by atoms with E-state index in [4.69, 9.17) is 14.1 Å². The van der Waals surface area contributed by atoms with Crippen molar-refractivity contribution in [1.82, 2.24) is 0 Å². The van der Waals surface area contributed by atoms with Crippen LogP contribution in [-0.2, 0) is 14.1 Å². The van der Waals surface area contributed by atoms with Crippen LogP contribution in [0.4, 0.5) is 13.2 Å². The number of rotatable bonds is 9. The second-order valence-corrected chi connectivity index (χ2v) is 6.23. The van der Waals surface area contributed by atoms with Crippen molar-refractivity contribution in [1.29, 1.82) is 5.26 Å². The van der Waals surface area contributed by atoms with Crippen molar-refractivity contribution in [3.63, 3.8) is 0 Å². The highest BCUT2D eigenvalue weighted by molar-refractivity contribution is 7.94. The monoisotopic (exact) mass is 366 g/mol. The lowest BCUT2D eigenvalue weighted by molar-refractivity contribution is -0.277. The summed E-state index contributed by atoms with van der Waals surface area (Å²) in [5.41, 5.74) is -0.342. The van der Waals surface area contributed by atoms with Gasteiger partial charge in [-0.1, -0.05) is 11.2 Å². The van der Waals surface area contributed by atoms with E-state index in [1.165, 1.54) is 7.11 Å². The first-order valence-corrected chi connectivity index (χ1v) is 8.43. The van der Waals surface area contributed by atoms with Crippen LogP contribution in [0.3, 0.4) is 0 Å². The summed E-state index contributed by atoms with van der Waals surface area (Å²) in [5, 5.41) is 13.5. The van der Waals surface area contributed by atoms with Crippen molar-refractivity contribution >= 4 is 17.8 Å². The predicted molar refractivity (Wildman–Crippen MR) is 84.9 cm³/mol. The third-order valence-corrected chi connectivity index (χ3v) is 4.31. The van der Waals surface area contributed by atoms with Crippen molar-refractivity contribution in [2.45, 2.75) is 50.3 Å². The van der Waals surface area contributed by atoms with Crippen molar-refractivity contribution in [3.8, 4) is 6.07 Å². The molecule has 0 aromatic carbocycles. The Labute approximate surface area is 143 Å². The number of oxime groups is 1. The normalized spacial score (nSPS) is 20.8. The van der Waals surface area contributed by atoms with Crippen LogP contribution in [-0.4, -0.2) is 30.4 Å². The zero-order valence-corrected chi connectivity index (χ0v) is 14.3. The fraction of sp³-hybridized carbons (Fsp3) is 0.733. The van der Waals surface area contributed by atoms with E-state index in [0.29, 0.717) is 37.7 Å². The number of halogens is 3. The van der Waals surface area contributed by atoms with Gasteiger partial charge in [-0.2, -0.15) is 22.8 Å². The number of alkyl halides is 3.